The molecule has 2 aromatic carbocycles. The van der Waals surface area contributed by atoms with Crippen LogP contribution in [-0.4, -0.2) is 28.4 Å². The van der Waals surface area contributed by atoms with Gasteiger partial charge in [0, 0.05) is 28.8 Å². The summed E-state index contributed by atoms with van der Waals surface area (Å²) in [5, 5.41) is 14.4. The van der Waals surface area contributed by atoms with E-state index in [0.717, 1.165) is 0 Å². The normalized spacial score (nSPS) is 10.8. The molecule has 0 bridgehead atoms. The minimum atomic E-state index is -0.897. The Hall–Kier alpha value is -3.15. The van der Waals surface area contributed by atoms with Crippen LogP contribution in [0, 0.1) is 0 Å². The molecule has 0 fully saturated rings. The number of aliphatic carboxylic acids is 1. The fourth-order valence-corrected chi connectivity index (χ4v) is 2.36. The number of carboxylic acid groups (broad SMARTS) is 1. The van der Waals surface area contributed by atoms with E-state index in [-0.39, 0.29) is 18.2 Å². The first-order valence-electron chi connectivity index (χ1n) is 8.28. The molecule has 2 aromatic rings. The van der Waals surface area contributed by atoms with Gasteiger partial charge in [-0.15, -0.1) is 0 Å². The van der Waals surface area contributed by atoms with Crippen molar-refractivity contribution in [1.82, 2.24) is 5.32 Å². The molecule has 0 aliphatic rings. The second-order valence-electron chi connectivity index (χ2n) is 6.63. The molecule has 0 spiro atoms. The largest absolute Gasteiger partial charge is 0.481 e. The van der Waals surface area contributed by atoms with Gasteiger partial charge in [0.1, 0.15) is 0 Å². The van der Waals surface area contributed by atoms with E-state index < -0.39 is 11.5 Å². The third-order valence-electron chi connectivity index (χ3n) is 3.86. The molecule has 2 amide bonds. The van der Waals surface area contributed by atoms with Crippen LogP contribution in [0.25, 0.3) is 0 Å². The maximum absolute atomic E-state index is 12.3. The van der Waals surface area contributed by atoms with Crippen LogP contribution >= 0.6 is 0 Å². The molecular formula is C20H22N2O4. The average molecular weight is 354 g/mol. The second-order valence-corrected chi connectivity index (χ2v) is 6.63. The van der Waals surface area contributed by atoms with Crippen LogP contribution in [0.5, 0.6) is 0 Å². The first-order chi connectivity index (χ1) is 12.3. The third-order valence-corrected chi connectivity index (χ3v) is 3.86. The number of amides is 2. The number of nitrogens with one attached hydrogen (secondary N) is 2. The third kappa shape index (κ3) is 5.73. The highest BCUT2D eigenvalue weighted by Crippen LogP contribution is 2.15. The van der Waals surface area contributed by atoms with Gasteiger partial charge in [-0.2, -0.15) is 0 Å². The number of carboxylic acids is 1. The highest BCUT2D eigenvalue weighted by Gasteiger charge is 2.22. The second kappa shape index (κ2) is 8.29. The summed E-state index contributed by atoms with van der Waals surface area (Å²) in [5.74, 6) is -1.41. The summed E-state index contributed by atoms with van der Waals surface area (Å²) >= 11 is 0. The molecule has 2 rings (SSSR count). The van der Waals surface area contributed by atoms with E-state index in [1.165, 1.54) is 0 Å². The Balaban J connectivity index is 1.97. The summed E-state index contributed by atoms with van der Waals surface area (Å²) in [4.78, 5) is 35.1. The quantitative estimate of drug-likeness (QED) is 0.711. The lowest BCUT2D eigenvalue weighted by Crippen LogP contribution is -2.43. The summed E-state index contributed by atoms with van der Waals surface area (Å²) in [6, 6.07) is 15.4. The summed E-state index contributed by atoms with van der Waals surface area (Å²) in [7, 11) is 0. The van der Waals surface area contributed by atoms with E-state index in [4.69, 9.17) is 5.11 Å². The van der Waals surface area contributed by atoms with E-state index in [1.807, 2.05) is 6.07 Å². The highest BCUT2D eigenvalue weighted by atomic mass is 16.4. The van der Waals surface area contributed by atoms with Crippen molar-refractivity contribution < 1.29 is 19.5 Å². The molecule has 0 aliphatic carbocycles. The van der Waals surface area contributed by atoms with Crippen molar-refractivity contribution >= 4 is 23.5 Å². The number of anilines is 1. The lowest BCUT2D eigenvalue weighted by atomic mass is 9.97. The van der Waals surface area contributed by atoms with Crippen molar-refractivity contribution in [3.05, 3.63) is 65.7 Å². The molecule has 0 atom stereocenters. The van der Waals surface area contributed by atoms with Crippen LogP contribution in [0.1, 0.15) is 47.4 Å². The molecule has 0 saturated heterocycles. The number of carbonyl (C=O) groups is 3. The predicted octanol–water partition coefficient (Wildman–Crippen LogP) is 3.31. The maximum Gasteiger partial charge on any atom is 0.303 e. The molecule has 0 aromatic heterocycles. The fraction of sp³-hybridized carbons (Fsp3) is 0.250. The van der Waals surface area contributed by atoms with E-state index >= 15 is 0 Å². The van der Waals surface area contributed by atoms with Gasteiger partial charge in [0.2, 0.25) is 0 Å². The minimum absolute atomic E-state index is 0.0161. The van der Waals surface area contributed by atoms with Crippen LogP contribution in [0.2, 0.25) is 0 Å². The number of hydrogen-bond acceptors (Lipinski definition) is 3. The first kappa shape index (κ1) is 19.2. The molecule has 26 heavy (non-hydrogen) atoms. The monoisotopic (exact) mass is 354 g/mol. The zero-order valence-corrected chi connectivity index (χ0v) is 14.8. The molecule has 0 saturated carbocycles. The lowest BCUT2D eigenvalue weighted by Gasteiger charge is -2.25. The van der Waals surface area contributed by atoms with Crippen molar-refractivity contribution in [3.63, 3.8) is 0 Å². The zero-order chi connectivity index (χ0) is 19.2. The number of hydrogen-bond donors (Lipinski definition) is 3. The van der Waals surface area contributed by atoms with Crippen molar-refractivity contribution in [2.75, 3.05) is 5.32 Å². The minimum Gasteiger partial charge on any atom is -0.481 e. The van der Waals surface area contributed by atoms with Crippen molar-refractivity contribution in [3.8, 4) is 0 Å². The van der Waals surface area contributed by atoms with Gasteiger partial charge in [-0.1, -0.05) is 18.2 Å². The molecule has 0 unspecified atom stereocenters. The Morgan fingerprint density at radius 2 is 1.46 bits per heavy atom. The Bertz CT molecular complexity index is 783. The number of rotatable bonds is 7. The molecule has 0 aliphatic heterocycles. The van der Waals surface area contributed by atoms with Gasteiger partial charge in [0.05, 0.1) is 0 Å². The van der Waals surface area contributed by atoms with E-state index in [2.05, 4.69) is 10.6 Å². The van der Waals surface area contributed by atoms with Crippen LogP contribution < -0.4 is 10.6 Å². The predicted molar refractivity (Wildman–Crippen MR) is 99.3 cm³/mol. The van der Waals surface area contributed by atoms with Gasteiger partial charge < -0.3 is 15.7 Å². The van der Waals surface area contributed by atoms with Crippen LogP contribution in [0.4, 0.5) is 5.69 Å². The van der Waals surface area contributed by atoms with Gasteiger partial charge in [-0.25, -0.2) is 0 Å². The summed E-state index contributed by atoms with van der Waals surface area (Å²) in [5.41, 5.74) is 0.941. The highest BCUT2D eigenvalue weighted by molar-refractivity contribution is 6.04. The number of carbonyl (C=O) groups excluding carboxylic acids is 2. The lowest BCUT2D eigenvalue weighted by molar-refractivity contribution is -0.137. The topological polar surface area (TPSA) is 95.5 Å². The molecule has 136 valence electrons. The maximum atomic E-state index is 12.3. The van der Waals surface area contributed by atoms with E-state index in [1.54, 1.807) is 62.4 Å². The average Bonchev–Trinajstić information content (AvgIpc) is 2.61. The van der Waals surface area contributed by atoms with Gasteiger partial charge in [-0.05, 0) is 56.7 Å². The van der Waals surface area contributed by atoms with Crippen molar-refractivity contribution in [2.24, 2.45) is 0 Å². The van der Waals surface area contributed by atoms with Gasteiger partial charge >= 0.3 is 5.97 Å². The Morgan fingerprint density at radius 1 is 0.885 bits per heavy atom. The standard InChI is InChI=1S/C20H22N2O4/c1-20(2,13-12-17(23)24)22-19(26)15-8-10-16(11-9-15)21-18(25)14-6-4-3-5-7-14/h3-11H,12-13H2,1-2H3,(H,21,25)(H,22,26)(H,23,24). The molecule has 0 radical (unpaired) electrons. The molecule has 3 N–H and O–H groups in total. The smallest absolute Gasteiger partial charge is 0.303 e. The van der Waals surface area contributed by atoms with Gasteiger partial charge in [0.25, 0.3) is 11.8 Å². The van der Waals surface area contributed by atoms with E-state index in [9.17, 15) is 14.4 Å². The SMILES string of the molecule is CC(C)(CCC(=O)O)NC(=O)c1ccc(NC(=O)c2ccccc2)cc1. The van der Waals surface area contributed by atoms with E-state index in [0.29, 0.717) is 23.2 Å². The van der Waals surface area contributed by atoms with Gasteiger partial charge in [0.15, 0.2) is 0 Å². The van der Waals surface area contributed by atoms with Crippen molar-refractivity contribution in [2.45, 2.75) is 32.2 Å². The summed E-state index contributed by atoms with van der Waals surface area (Å²) in [6.07, 6.45) is 0.316. The molecule has 6 heteroatoms. The molecular weight excluding hydrogens is 332 g/mol. The zero-order valence-electron chi connectivity index (χ0n) is 14.8. The Labute approximate surface area is 152 Å². The number of benzene rings is 2. The Kier molecular flexibility index (Phi) is 6.11. The van der Waals surface area contributed by atoms with Crippen molar-refractivity contribution in [1.29, 1.82) is 0 Å². The van der Waals surface area contributed by atoms with Crippen LogP contribution in [0.15, 0.2) is 54.6 Å². The summed E-state index contributed by atoms with van der Waals surface area (Å²) in [6.45, 7) is 3.56. The first-order valence-corrected chi connectivity index (χ1v) is 8.28. The Morgan fingerprint density at radius 3 is 2.04 bits per heavy atom. The van der Waals surface area contributed by atoms with Crippen LogP contribution in [-0.2, 0) is 4.79 Å². The fourth-order valence-electron chi connectivity index (χ4n) is 2.36. The van der Waals surface area contributed by atoms with Gasteiger partial charge in [-0.3, -0.25) is 14.4 Å². The molecule has 0 heterocycles. The molecule has 6 nitrogen and oxygen atoms in total. The summed E-state index contributed by atoms with van der Waals surface area (Å²) < 4.78 is 0. The van der Waals surface area contributed by atoms with Crippen LogP contribution in [0.3, 0.4) is 0 Å².